The Morgan fingerprint density at radius 1 is 0.973 bits per heavy atom. The summed E-state index contributed by atoms with van der Waals surface area (Å²) in [6.45, 7) is 6.73. The third kappa shape index (κ3) is 6.55. The molecule has 0 spiro atoms. The maximum atomic E-state index is 12.4. The Kier molecular flexibility index (Phi) is 8.56. The maximum absolute atomic E-state index is 12.4. The Hall–Kier alpha value is -4.13. The summed E-state index contributed by atoms with van der Waals surface area (Å²) >= 11 is 0. The number of fused-ring (bicyclic) bond motifs is 1. The minimum absolute atomic E-state index is 0.0898. The van der Waals surface area contributed by atoms with E-state index in [0.29, 0.717) is 24.0 Å². The van der Waals surface area contributed by atoms with Gasteiger partial charge in [-0.15, -0.1) is 0 Å². The number of oxazole rings is 1. The molecule has 37 heavy (non-hydrogen) atoms. The van der Waals surface area contributed by atoms with Gasteiger partial charge in [-0.05, 0) is 66.9 Å². The van der Waals surface area contributed by atoms with Crippen LogP contribution in [0.1, 0.15) is 55.6 Å². The first kappa shape index (κ1) is 25.9. The Labute approximate surface area is 217 Å². The standard InChI is InChI=1S/C30H33N3O4/c1-4-20(3)28(21-10-12-23(13-11-21)30-33-25-8-6-7-9-26(25)37-30)32-24-16-14-22(15-17-24)29(35)31-19-18-27(34)36-5-2/h6-17,20,28,32H,4-5,18-19H2,1-3H3,(H,31,35)/t20?,28-/m1/s1. The van der Waals surface area contributed by atoms with Crippen LogP contribution in [0.4, 0.5) is 5.69 Å². The van der Waals surface area contributed by atoms with Gasteiger partial charge >= 0.3 is 5.97 Å². The summed E-state index contributed by atoms with van der Waals surface area (Å²) in [7, 11) is 0. The lowest BCUT2D eigenvalue weighted by molar-refractivity contribution is -0.142. The third-order valence-electron chi connectivity index (χ3n) is 6.41. The van der Waals surface area contributed by atoms with Crippen molar-refractivity contribution in [1.82, 2.24) is 10.3 Å². The smallest absolute Gasteiger partial charge is 0.307 e. The van der Waals surface area contributed by atoms with Gasteiger partial charge in [0.15, 0.2) is 5.58 Å². The van der Waals surface area contributed by atoms with Crippen molar-refractivity contribution in [3.05, 3.63) is 83.9 Å². The molecule has 0 bridgehead atoms. The summed E-state index contributed by atoms with van der Waals surface area (Å²) < 4.78 is 10.8. The average molecular weight is 500 g/mol. The number of rotatable bonds is 11. The average Bonchev–Trinajstić information content (AvgIpc) is 3.36. The van der Waals surface area contributed by atoms with Gasteiger partial charge in [-0.1, -0.05) is 44.5 Å². The summed E-state index contributed by atoms with van der Waals surface area (Å²) in [4.78, 5) is 28.4. The van der Waals surface area contributed by atoms with Gasteiger partial charge in [-0.2, -0.15) is 0 Å². The Bertz CT molecular complexity index is 1300. The van der Waals surface area contributed by atoms with Crippen molar-refractivity contribution < 1.29 is 18.7 Å². The molecular formula is C30H33N3O4. The molecule has 0 radical (unpaired) electrons. The molecule has 7 nitrogen and oxygen atoms in total. The molecule has 7 heteroatoms. The van der Waals surface area contributed by atoms with Crippen molar-refractivity contribution in [2.24, 2.45) is 5.92 Å². The van der Waals surface area contributed by atoms with E-state index >= 15 is 0 Å². The molecule has 1 unspecified atom stereocenters. The van der Waals surface area contributed by atoms with Crippen LogP contribution < -0.4 is 10.6 Å². The summed E-state index contributed by atoms with van der Waals surface area (Å²) in [6.07, 6.45) is 1.16. The molecule has 2 N–H and O–H groups in total. The topological polar surface area (TPSA) is 93.5 Å². The van der Waals surface area contributed by atoms with Crippen molar-refractivity contribution in [2.45, 2.75) is 39.7 Å². The Morgan fingerprint density at radius 3 is 2.38 bits per heavy atom. The van der Waals surface area contributed by atoms with E-state index in [1.807, 2.05) is 48.5 Å². The number of anilines is 1. The first-order chi connectivity index (χ1) is 18.0. The number of para-hydroxylation sites is 2. The number of hydrogen-bond acceptors (Lipinski definition) is 6. The fraction of sp³-hybridized carbons (Fsp3) is 0.300. The van der Waals surface area contributed by atoms with E-state index < -0.39 is 0 Å². The van der Waals surface area contributed by atoms with Gasteiger partial charge in [0.1, 0.15) is 5.52 Å². The van der Waals surface area contributed by atoms with Crippen molar-refractivity contribution >= 4 is 28.7 Å². The molecule has 2 atom stereocenters. The second kappa shape index (κ2) is 12.2. The van der Waals surface area contributed by atoms with E-state index in [1.165, 1.54) is 0 Å². The zero-order valence-electron chi connectivity index (χ0n) is 21.5. The fourth-order valence-electron chi connectivity index (χ4n) is 4.13. The quantitative estimate of drug-likeness (QED) is 0.233. The molecule has 0 aliphatic heterocycles. The number of nitrogens with one attached hydrogen (secondary N) is 2. The molecule has 0 saturated heterocycles. The molecule has 192 valence electrons. The Balaban J connectivity index is 1.42. The molecule has 0 fully saturated rings. The molecule has 0 aliphatic carbocycles. The molecule has 3 aromatic carbocycles. The summed E-state index contributed by atoms with van der Waals surface area (Å²) in [5.41, 5.74) is 5.18. The molecule has 1 aromatic heterocycles. The maximum Gasteiger partial charge on any atom is 0.307 e. The molecule has 4 rings (SSSR count). The van der Waals surface area contributed by atoms with Crippen LogP contribution >= 0.6 is 0 Å². The molecule has 0 aliphatic rings. The number of ether oxygens (including phenoxy) is 1. The SMILES string of the molecule is CCOC(=O)CCNC(=O)c1ccc(N[C@@H](c2ccc(-c3nc4ccccc4o3)cc2)C(C)CC)cc1. The first-order valence-corrected chi connectivity index (χ1v) is 12.7. The number of carbonyl (C=O) groups is 2. The molecule has 4 aromatic rings. The van der Waals surface area contributed by atoms with Gasteiger partial charge in [-0.25, -0.2) is 4.98 Å². The highest BCUT2D eigenvalue weighted by Crippen LogP contribution is 2.31. The van der Waals surface area contributed by atoms with Gasteiger partial charge in [0, 0.05) is 23.4 Å². The fourth-order valence-corrected chi connectivity index (χ4v) is 4.13. The van der Waals surface area contributed by atoms with Crippen LogP contribution in [-0.4, -0.2) is 30.0 Å². The number of carbonyl (C=O) groups excluding carboxylic acids is 2. The van der Waals surface area contributed by atoms with Crippen LogP contribution in [0.3, 0.4) is 0 Å². The predicted octanol–water partition coefficient (Wildman–Crippen LogP) is 6.38. The molecular weight excluding hydrogens is 466 g/mol. The second-order valence-corrected chi connectivity index (χ2v) is 9.00. The molecule has 1 amide bonds. The highest BCUT2D eigenvalue weighted by atomic mass is 16.5. The van der Waals surface area contributed by atoms with Crippen molar-refractivity contribution in [3.63, 3.8) is 0 Å². The van der Waals surface area contributed by atoms with Crippen LogP contribution in [0.15, 0.2) is 77.2 Å². The van der Waals surface area contributed by atoms with Gasteiger partial charge in [0.05, 0.1) is 19.1 Å². The molecule has 1 heterocycles. The molecule has 0 saturated carbocycles. The van der Waals surface area contributed by atoms with Crippen LogP contribution in [0.5, 0.6) is 0 Å². The number of nitrogens with zero attached hydrogens (tertiary/aromatic N) is 1. The van der Waals surface area contributed by atoms with Crippen LogP contribution in [0.25, 0.3) is 22.6 Å². The van der Waals surface area contributed by atoms with E-state index in [9.17, 15) is 9.59 Å². The van der Waals surface area contributed by atoms with Crippen LogP contribution in [0.2, 0.25) is 0 Å². The first-order valence-electron chi connectivity index (χ1n) is 12.7. The van der Waals surface area contributed by atoms with Crippen LogP contribution in [0, 0.1) is 5.92 Å². The minimum Gasteiger partial charge on any atom is -0.466 e. The predicted molar refractivity (Wildman–Crippen MR) is 145 cm³/mol. The third-order valence-corrected chi connectivity index (χ3v) is 6.41. The summed E-state index contributed by atoms with van der Waals surface area (Å²) in [5.74, 6) is 0.447. The summed E-state index contributed by atoms with van der Waals surface area (Å²) in [6, 6.07) is 23.5. The van der Waals surface area contributed by atoms with Crippen molar-refractivity contribution in [3.8, 4) is 11.5 Å². The van der Waals surface area contributed by atoms with E-state index in [-0.39, 0.29) is 30.9 Å². The van der Waals surface area contributed by atoms with Gasteiger partial charge in [0.2, 0.25) is 5.89 Å². The number of esters is 1. The number of benzene rings is 3. The zero-order valence-corrected chi connectivity index (χ0v) is 21.5. The number of aromatic nitrogens is 1. The summed E-state index contributed by atoms with van der Waals surface area (Å²) in [5, 5.41) is 6.39. The minimum atomic E-state index is -0.319. The lowest BCUT2D eigenvalue weighted by Crippen LogP contribution is -2.26. The highest BCUT2D eigenvalue weighted by Gasteiger charge is 2.19. The number of amides is 1. The second-order valence-electron chi connectivity index (χ2n) is 9.00. The van der Waals surface area contributed by atoms with Gasteiger partial charge < -0.3 is 19.8 Å². The highest BCUT2D eigenvalue weighted by molar-refractivity contribution is 5.94. The Morgan fingerprint density at radius 2 is 1.70 bits per heavy atom. The normalized spacial score (nSPS) is 12.6. The van der Waals surface area contributed by atoms with E-state index in [1.54, 1.807) is 19.1 Å². The van der Waals surface area contributed by atoms with Crippen LogP contribution in [-0.2, 0) is 9.53 Å². The lowest BCUT2D eigenvalue weighted by Gasteiger charge is -2.26. The van der Waals surface area contributed by atoms with E-state index in [4.69, 9.17) is 9.15 Å². The van der Waals surface area contributed by atoms with E-state index in [0.717, 1.165) is 34.3 Å². The van der Waals surface area contributed by atoms with Gasteiger partial charge in [-0.3, -0.25) is 9.59 Å². The van der Waals surface area contributed by atoms with Crippen molar-refractivity contribution in [1.29, 1.82) is 0 Å². The monoisotopic (exact) mass is 499 g/mol. The van der Waals surface area contributed by atoms with Gasteiger partial charge in [0.25, 0.3) is 5.91 Å². The number of hydrogen-bond donors (Lipinski definition) is 2. The van der Waals surface area contributed by atoms with Crippen molar-refractivity contribution in [2.75, 3.05) is 18.5 Å². The largest absolute Gasteiger partial charge is 0.466 e. The van der Waals surface area contributed by atoms with E-state index in [2.05, 4.69) is 41.6 Å². The zero-order chi connectivity index (χ0) is 26.2. The lowest BCUT2D eigenvalue weighted by atomic mass is 9.91.